The number of aliphatic hydroxyl groups excluding tert-OH is 1. The maximum absolute atomic E-state index is 12.6. The fraction of sp³-hybridized carbons (Fsp3) is 0.885. The quantitative estimate of drug-likeness (QED) is 0.606. The van der Waals surface area contributed by atoms with E-state index in [-0.39, 0.29) is 16.9 Å². The molecular formula is C26H41NO3. The summed E-state index contributed by atoms with van der Waals surface area (Å²) in [5.41, 5.74) is 0.999. The molecule has 0 aliphatic heterocycles. The van der Waals surface area contributed by atoms with Crippen LogP contribution in [-0.2, 0) is 4.79 Å². The van der Waals surface area contributed by atoms with E-state index in [0.29, 0.717) is 36.1 Å². The van der Waals surface area contributed by atoms with Crippen LogP contribution in [0.15, 0.2) is 11.6 Å². The number of ketones is 1. The Morgan fingerprint density at radius 2 is 1.73 bits per heavy atom. The van der Waals surface area contributed by atoms with Crippen molar-refractivity contribution >= 4 is 5.78 Å². The first kappa shape index (κ1) is 21.2. The Morgan fingerprint density at radius 3 is 2.50 bits per heavy atom. The molecule has 0 radical (unpaired) electrons. The molecule has 3 N–H and O–H groups in total. The highest BCUT2D eigenvalue weighted by Gasteiger charge is 2.59. The maximum Gasteiger partial charge on any atom is 0.139 e. The summed E-state index contributed by atoms with van der Waals surface area (Å²) in [5, 5.41) is 24.8. The third kappa shape index (κ3) is 3.33. The van der Waals surface area contributed by atoms with Crippen molar-refractivity contribution in [2.45, 2.75) is 109 Å². The van der Waals surface area contributed by atoms with E-state index in [1.807, 2.05) is 0 Å². The van der Waals surface area contributed by atoms with E-state index in [1.165, 1.54) is 12.0 Å². The van der Waals surface area contributed by atoms with Crippen LogP contribution in [0.3, 0.4) is 0 Å². The normalized spacial score (nSPS) is 51.0. The van der Waals surface area contributed by atoms with Crippen LogP contribution in [0.5, 0.6) is 0 Å². The second-order valence-corrected chi connectivity index (χ2v) is 12.0. The van der Waals surface area contributed by atoms with Crippen LogP contribution in [0.4, 0.5) is 0 Å². The molecule has 0 aromatic carbocycles. The van der Waals surface area contributed by atoms with Gasteiger partial charge in [-0.3, -0.25) is 4.79 Å². The Bertz CT molecular complexity index is 726. The van der Waals surface area contributed by atoms with Gasteiger partial charge in [-0.25, -0.2) is 0 Å². The molecule has 0 amide bonds. The van der Waals surface area contributed by atoms with Crippen LogP contribution in [0.1, 0.15) is 90.9 Å². The SMILES string of the molecule is CC12CCC3C(CC=C4CC(O)(CNC5CCC(O)CC5)CCC43C)C1CCC2=O. The molecule has 168 valence electrons. The van der Waals surface area contributed by atoms with Gasteiger partial charge in [-0.1, -0.05) is 25.5 Å². The number of hydrogen-bond donors (Lipinski definition) is 3. The Kier molecular flexibility index (Phi) is 5.23. The van der Waals surface area contributed by atoms with Gasteiger partial charge in [-0.15, -0.1) is 0 Å². The summed E-state index contributed by atoms with van der Waals surface area (Å²) in [6.45, 7) is 5.38. The Morgan fingerprint density at radius 1 is 1.00 bits per heavy atom. The predicted molar refractivity (Wildman–Crippen MR) is 118 cm³/mol. The zero-order valence-electron chi connectivity index (χ0n) is 19.0. The van der Waals surface area contributed by atoms with Crippen molar-refractivity contribution in [3.8, 4) is 0 Å². The molecule has 6 atom stereocenters. The molecule has 6 unspecified atom stereocenters. The lowest BCUT2D eigenvalue weighted by molar-refractivity contribution is -0.132. The smallest absolute Gasteiger partial charge is 0.139 e. The molecule has 4 fully saturated rings. The topological polar surface area (TPSA) is 69.6 Å². The first-order valence-electron chi connectivity index (χ1n) is 12.6. The molecular weight excluding hydrogens is 374 g/mol. The fourth-order valence-electron chi connectivity index (χ4n) is 8.25. The number of Topliss-reactive ketones (excluding diaryl/α,β-unsaturated/α-hetero) is 1. The minimum atomic E-state index is -0.638. The summed E-state index contributed by atoms with van der Waals surface area (Å²) in [7, 11) is 0. The van der Waals surface area contributed by atoms with Crippen LogP contribution in [0, 0.1) is 28.6 Å². The zero-order chi connectivity index (χ0) is 21.1. The van der Waals surface area contributed by atoms with Crippen LogP contribution in [-0.4, -0.2) is 40.3 Å². The van der Waals surface area contributed by atoms with Gasteiger partial charge in [0.1, 0.15) is 5.78 Å². The van der Waals surface area contributed by atoms with Crippen molar-refractivity contribution < 1.29 is 15.0 Å². The van der Waals surface area contributed by atoms with Gasteiger partial charge >= 0.3 is 0 Å². The molecule has 0 heterocycles. The van der Waals surface area contributed by atoms with Crippen molar-refractivity contribution in [1.82, 2.24) is 5.32 Å². The highest BCUT2D eigenvalue weighted by molar-refractivity contribution is 5.87. The number of allylic oxidation sites excluding steroid dienone is 1. The zero-order valence-corrected chi connectivity index (χ0v) is 19.0. The summed E-state index contributed by atoms with van der Waals surface area (Å²) >= 11 is 0. The summed E-state index contributed by atoms with van der Waals surface area (Å²) in [4.78, 5) is 12.6. The predicted octanol–water partition coefficient (Wildman–Crippen LogP) is 4.14. The van der Waals surface area contributed by atoms with E-state index >= 15 is 0 Å². The molecule has 0 bridgehead atoms. The van der Waals surface area contributed by atoms with Crippen molar-refractivity contribution in [1.29, 1.82) is 0 Å². The fourth-order valence-corrected chi connectivity index (χ4v) is 8.25. The van der Waals surface area contributed by atoms with E-state index in [2.05, 4.69) is 25.2 Å². The number of hydrogen-bond acceptors (Lipinski definition) is 4. The minimum Gasteiger partial charge on any atom is -0.393 e. The van der Waals surface area contributed by atoms with Crippen molar-refractivity contribution in [2.24, 2.45) is 28.6 Å². The van der Waals surface area contributed by atoms with Crippen LogP contribution >= 0.6 is 0 Å². The molecule has 4 nitrogen and oxygen atoms in total. The molecule has 0 saturated heterocycles. The average molecular weight is 416 g/mol. The summed E-state index contributed by atoms with van der Waals surface area (Å²) in [5.74, 6) is 2.42. The summed E-state index contributed by atoms with van der Waals surface area (Å²) in [6, 6.07) is 0.436. The van der Waals surface area contributed by atoms with Gasteiger partial charge in [-0.05, 0) is 93.8 Å². The number of rotatable bonds is 3. The molecule has 5 aliphatic rings. The van der Waals surface area contributed by atoms with Crippen LogP contribution in [0.25, 0.3) is 0 Å². The molecule has 4 saturated carbocycles. The molecule has 4 heteroatoms. The molecule has 5 aliphatic carbocycles. The lowest BCUT2D eigenvalue weighted by Gasteiger charge is -2.58. The van der Waals surface area contributed by atoms with Gasteiger partial charge in [0.05, 0.1) is 11.7 Å². The summed E-state index contributed by atoms with van der Waals surface area (Å²) < 4.78 is 0. The van der Waals surface area contributed by atoms with Crippen molar-refractivity contribution in [3.05, 3.63) is 11.6 Å². The number of carbonyl (C=O) groups excluding carboxylic acids is 1. The Balaban J connectivity index is 1.28. The standard InChI is InChI=1S/C26H41NO3/c1-24-13-14-26(30,16-27-18-4-6-19(28)7-5-18)15-17(24)3-8-20-21-9-10-23(29)25(21,2)12-11-22(20)24/h3,18-22,27-28,30H,4-16H2,1-2H3. The highest BCUT2D eigenvalue weighted by atomic mass is 16.3. The monoisotopic (exact) mass is 415 g/mol. The van der Waals surface area contributed by atoms with E-state index in [9.17, 15) is 15.0 Å². The number of aliphatic hydroxyl groups is 2. The molecule has 0 spiro atoms. The number of carbonyl (C=O) groups is 1. The van der Waals surface area contributed by atoms with Gasteiger partial charge in [0, 0.05) is 24.4 Å². The molecule has 0 aromatic heterocycles. The third-order valence-electron chi connectivity index (χ3n) is 10.4. The Hall–Kier alpha value is -0.710. The van der Waals surface area contributed by atoms with E-state index in [0.717, 1.165) is 70.6 Å². The lowest BCUT2D eigenvalue weighted by Crippen LogP contribution is -2.54. The van der Waals surface area contributed by atoms with Gasteiger partial charge < -0.3 is 15.5 Å². The lowest BCUT2D eigenvalue weighted by atomic mass is 9.47. The second-order valence-electron chi connectivity index (χ2n) is 12.0. The highest BCUT2D eigenvalue weighted by Crippen LogP contribution is 2.64. The van der Waals surface area contributed by atoms with Crippen LogP contribution < -0.4 is 5.32 Å². The Labute approximate surface area is 181 Å². The van der Waals surface area contributed by atoms with Gasteiger partial charge in [0.2, 0.25) is 0 Å². The number of fused-ring (bicyclic) bond motifs is 5. The molecule has 30 heavy (non-hydrogen) atoms. The maximum atomic E-state index is 12.6. The molecule has 5 rings (SSSR count). The van der Waals surface area contributed by atoms with E-state index in [4.69, 9.17) is 0 Å². The van der Waals surface area contributed by atoms with Crippen molar-refractivity contribution in [2.75, 3.05) is 6.54 Å². The van der Waals surface area contributed by atoms with Crippen molar-refractivity contribution in [3.63, 3.8) is 0 Å². The van der Waals surface area contributed by atoms with Gasteiger partial charge in [-0.2, -0.15) is 0 Å². The molecule has 0 aromatic rings. The average Bonchev–Trinajstić information content (AvgIpc) is 3.03. The largest absolute Gasteiger partial charge is 0.393 e. The summed E-state index contributed by atoms with van der Waals surface area (Å²) in [6.07, 6.45) is 14.1. The number of nitrogens with one attached hydrogen (secondary N) is 1. The first-order chi connectivity index (χ1) is 14.2. The van der Waals surface area contributed by atoms with E-state index < -0.39 is 5.60 Å². The third-order valence-corrected chi connectivity index (χ3v) is 10.4. The van der Waals surface area contributed by atoms with Gasteiger partial charge in [0.15, 0.2) is 0 Å². The minimum absolute atomic E-state index is 0.0598. The van der Waals surface area contributed by atoms with E-state index in [1.54, 1.807) is 0 Å². The second kappa shape index (κ2) is 7.42. The first-order valence-corrected chi connectivity index (χ1v) is 12.6. The van der Waals surface area contributed by atoms with Gasteiger partial charge in [0.25, 0.3) is 0 Å². The van der Waals surface area contributed by atoms with Crippen LogP contribution in [0.2, 0.25) is 0 Å².